The van der Waals surface area contributed by atoms with Gasteiger partial charge in [0.15, 0.2) is 0 Å². The summed E-state index contributed by atoms with van der Waals surface area (Å²) in [6, 6.07) is 2.07. The van der Waals surface area contributed by atoms with E-state index in [1.165, 1.54) is 12.8 Å². The lowest BCUT2D eigenvalue weighted by atomic mass is 10.0. The van der Waals surface area contributed by atoms with Crippen LogP contribution in [0.4, 0.5) is 5.82 Å². The van der Waals surface area contributed by atoms with E-state index in [4.69, 9.17) is 0 Å². The molecule has 1 atom stereocenters. The number of likely N-dealkylation sites (N-methyl/N-ethyl adjacent to an activating group) is 1. The Hall–Kier alpha value is -1.36. The fraction of sp³-hybridized carbons (Fsp3) is 0.692. The summed E-state index contributed by atoms with van der Waals surface area (Å²) in [6.45, 7) is 3.94. The second-order valence-corrected chi connectivity index (χ2v) is 4.80. The molecule has 1 aliphatic rings. The van der Waals surface area contributed by atoms with Crippen molar-refractivity contribution in [3.8, 4) is 0 Å². The molecule has 5 nitrogen and oxygen atoms in total. The van der Waals surface area contributed by atoms with Crippen LogP contribution in [0.1, 0.15) is 32.0 Å². The standard InChI is InChI=1S/C13H22N4O/c1-3-11-15-12(8-13(18)16-11)17-7-5-4-6-10(17)9-14-2/h8,10,14H,3-7,9H2,1-2H3,(H,15,16,18). The summed E-state index contributed by atoms with van der Waals surface area (Å²) in [7, 11) is 1.97. The lowest BCUT2D eigenvalue weighted by Crippen LogP contribution is -2.45. The molecule has 1 aliphatic heterocycles. The summed E-state index contributed by atoms with van der Waals surface area (Å²) in [4.78, 5) is 21.2. The number of H-pyrrole nitrogens is 1. The summed E-state index contributed by atoms with van der Waals surface area (Å²) < 4.78 is 0. The van der Waals surface area contributed by atoms with Crippen molar-refractivity contribution in [3.05, 3.63) is 22.2 Å². The number of hydrogen-bond acceptors (Lipinski definition) is 4. The molecule has 0 spiro atoms. The lowest BCUT2D eigenvalue weighted by molar-refractivity contribution is 0.442. The van der Waals surface area contributed by atoms with Crippen LogP contribution in [0.15, 0.2) is 10.9 Å². The van der Waals surface area contributed by atoms with Gasteiger partial charge in [0.2, 0.25) is 0 Å². The summed E-state index contributed by atoms with van der Waals surface area (Å²) >= 11 is 0. The van der Waals surface area contributed by atoms with E-state index < -0.39 is 0 Å². The molecule has 0 radical (unpaired) electrons. The molecular weight excluding hydrogens is 228 g/mol. The monoisotopic (exact) mass is 250 g/mol. The van der Waals surface area contributed by atoms with Gasteiger partial charge in [-0.1, -0.05) is 6.92 Å². The number of nitrogens with zero attached hydrogens (tertiary/aromatic N) is 2. The number of hydrogen-bond donors (Lipinski definition) is 2. The van der Waals surface area contributed by atoms with Crippen LogP contribution < -0.4 is 15.8 Å². The molecule has 0 bridgehead atoms. The summed E-state index contributed by atoms with van der Waals surface area (Å²) in [5, 5.41) is 3.22. The molecule has 1 unspecified atom stereocenters. The van der Waals surface area contributed by atoms with Crippen LogP contribution in [-0.2, 0) is 6.42 Å². The van der Waals surface area contributed by atoms with Crippen LogP contribution in [0, 0.1) is 0 Å². The van der Waals surface area contributed by atoms with Gasteiger partial charge >= 0.3 is 0 Å². The Kier molecular flexibility index (Phi) is 4.36. The predicted molar refractivity (Wildman–Crippen MR) is 73.1 cm³/mol. The van der Waals surface area contributed by atoms with Crippen LogP contribution in [0.25, 0.3) is 0 Å². The number of piperidine rings is 1. The van der Waals surface area contributed by atoms with Gasteiger partial charge in [-0.2, -0.15) is 0 Å². The normalized spacial score (nSPS) is 20.1. The summed E-state index contributed by atoms with van der Waals surface area (Å²) in [5.41, 5.74) is -0.0503. The molecule has 5 heteroatoms. The van der Waals surface area contributed by atoms with Crippen LogP contribution >= 0.6 is 0 Å². The zero-order chi connectivity index (χ0) is 13.0. The van der Waals surface area contributed by atoms with Gasteiger partial charge in [0.1, 0.15) is 11.6 Å². The highest BCUT2D eigenvalue weighted by Crippen LogP contribution is 2.21. The topological polar surface area (TPSA) is 61.0 Å². The van der Waals surface area contributed by atoms with Gasteiger partial charge in [-0.3, -0.25) is 4.79 Å². The van der Waals surface area contributed by atoms with Gasteiger partial charge in [0.25, 0.3) is 5.56 Å². The highest BCUT2D eigenvalue weighted by molar-refractivity contribution is 5.39. The maximum atomic E-state index is 11.6. The van der Waals surface area contributed by atoms with Gasteiger partial charge in [-0.25, -0.2) is 4.98 Å². The molecule has 2 N–H and O–H groups in total. The Morgan fingerprint density at radius 2 is 2.39 bits per heavy atom. The van der Waals surface area contributed by atoms with Crippen LogP contribution in [-0.4, -0.2) is 36.1 Å². The minimum atomic E-state index is -0.0503. The van der Waals surface area contributed by atoms with Gasteiger partial charge in [0, 0.05) is 31.6 Å². The van der Waals surface area contributed by atoms with Crippen molar-refractivity contribution >= 4 is 5.82 Å². The molecule has 100 valence electrons. The van der Waals surface area contributed by atoms with Crippen molar-refractivity contribution in [2.45, 2.75) is 38.6 Å². The molecule has 1 fully saturated rings. The highest BCUT2D eigenvalue weighted by atomic mass is 16.1. The molecule has 2 heterocycles. The van der Waals surface area contributed by atoms with E-state index in [9.17, 15) is 4.79 Å². The molecule has 0 amide bonds. The van der Waals surface area contributed by atoms with E-state index in [0.29, 0.717) is 6.04 Å². The van der Waals surface area contributed by atoms with Gasteiger partial charge in [-0.05, 0) is 26.3 Å². The first-order valence-corrected chi connectivity index (χ1v) is 6.76. The summed E-state index contributed by atoms with van der Waals surface area (Å²) in [5.74, 6) is 1.60. The van der Waals surface area contributed by atoms with E-state index in [1.54, 1.807) is 6.07 Å². The fourth-order valence-electron chi connectivity index (χ4n) is 2.56. The minimum Gasteiger partial charge on any atom is -0.352 e. The van der Waals surface area contributed by atoms with Crippen molar-refractivity contribution < 1.29 is 0 Å². The number of aromatic nitrogens is 2. The van der Waals surface area contributed by atoms with E-state index in [2.05, 4.69) is 20.2 Å². The lowest BCUT2D eigenvalue weighted by Gasteiger charge is -2.36. The maximum absolute atomic E-state index is 11.6. The Bertz CT molecular complexity index is 441. The Morgan fingerprint density at radius 1 is 1.56 bits per heavy atom. The number of nitrogens with one attached hydrogen (secondary N) is 2. The third-order valence-electron chi connectivity index (χ3n) is 3.47. The van der Waals surface area contributed by atoms with Gasteiger partial charge in [-0.15, -0.1) is 0 Å². The Labute approximate surface area is 108 Å². The third kappa shape index (κ3) is 2.90. The Balaban J connectivity index is 2.27. The van der Waals surface area contributed by atoms with Crippen LogP contribution in [0.5, 0.6) is 0 Å². The second-order valence-electron chi connectivity index (χ2n) is 4.80. The largest absolute Gasteiger partial charge is 0.352 e. The molecule has 1 aromatic heterocycles. The zero-order valence-corrected chi connectivity index (χ0v) is 11.2. The van der Waals surface area contributed by atoms with Crippen molar-refractivity contribution in [1.29, 1.82) is 0 Å². The third-order valence-corrected chi connectivity index (χ3v) is 3.47. The number of anilines is 1. The van der Waals surface area contributed by atoms with E-state index in [-0.39, 0.29) is 5.56 Å². The van der Waals surface area contributed by atoms with Crippen LogP contribution in [0.2, 0.25) is 0 Å². The fourth-order valence-corrected chi connectivity index (χ4v) is 2.56. The molecule has 1 saturated heterocycles. The first kappa shape index (κ1) is 13.1. The van der Waals surface area contributed by atoms with Gasteiger partial charge < -0.3 is 15.2 Å². The smallest absolute Gasteiger partial charge is 0.252 e. The molecule has 0 aromatic carbocycles. The number of rotatable bonds is 4. The SMILES string of the molecule is CCc1nc(N2CCCCC2CNC)cc(=O)[nH]1. The molecular formula is C13H22N4O. The zero-order valence-electron chi connectivity index (χ0n) is 11.2. The molecule has 0 aliphatic carbocycles. The van der Waals surface area contributed by atoms with E-state index in [0.717, 1.165) is 37.6 Å². The predicted octanol–water partition coefficient (Wildman–Crippen LogP) is 0.911. The van der Waals surface area contributed by atoms with Gasteiger partial charge in [0.05, 0.1) is 0 Å². The average molecular weight is 250 g/mol. The second kappa shape index (κ2) is 6.00. The molecule has 1 aromatic rings. The van der Waals surface area contributed by atoms with E-state index >= 15 is 0 Å². The molecule has 0 saturated carbocycles. The number of aryl methyl sites for hydroxylation is 1. The maximum Gasteiger partial charge on any atom is 0.252 e. The average Bonchev–Trinajstić information content (AvgIpc) is 2.39. The first-order valence-electron chi connectivity index (χ1n) is 6.76. The highest BCUT2D eigenvalue weighted by Gasteiger charge is 2.23. The molecule has 2 rings (SSSR count). The number of aromatic amines is 1. The van der Waals surface area contributed by atoms with Crippen molar-refractivity contribution in [2.24, 2.45) is 0 Å². The summed E-state index contributed by atoms with van der Waals surface area (Å²) in [6.07, 6.45) is 4.35. The first-order chi connectivity index (χ1) is 8.74. The van der Waals surface area contributed by atoms with Crippen LogP contribution in [0.3, 0.4) is 0 Å². The van der Waals surface area contributed by atoms with Crippen molar-refractivity contribution in [1.82, 2.24) is 15.3 Å². The Morgan fingerprint density at radius 3 is 3.11 bits per heavy atom. The van der Waals surface area contributed by atoms with Crippen molar-refractivity contribution in [3.63, 3.8) is 0 Å². The minimum absolute atomic E-state index is 0.0503. The van der Waals surface area contributed by atoms with Crippen molar-refractivity contribution in [2.75, 3.05) is 25.0 Å². The molecule has 18 heavy (non-hydrogen) atoms. The quantitative estimate of drug-likeness (QED) is 0.834. The van der Waals surface area contributed by atoms with E-state index in [1.807, 2.05) is 14.0 Å².